The first-order valence-corrected chi connectivity index (χ1v) is 10.3. The lowest BCUT2D eigenvalue weighted by atomic mass is 10.1. The van der Waals surface area contributed by atoms with E-state index in [-0.39, 0.29) is 50.5 Å². The summed E-state index contributed by atoms with van der Waals surface area (Å²) >= 11 is 0. The Bertz CT molecular complexity index is 966. The number of rotatable bonds is 7. The second-order valence-corrected chi connectivity index (χ2v) is 7.54. The van der Waals surface area contributed by atoms with Crippen LogP contribution in [0, 0.1) is 5.82 Å². The van der Waals surface area contributed by atoms with Gasteiger partial charge in [-0.3, -0.25) is 9.59 Å². The Kier molecular flexibility index (Phi) is 8.04. The molecule has 0 saturated carbocycles. The third-order valence-corrected chi connectivity index (χ3v) is 5.27. The normalized spacial score (nSPS) is 16.5. The number of ether oxygens (including phenoxy) is 2. The fraction of sp³-hybridized carbons (Fsp3) is 0.391. The van der Waals surface area contributed by atoms with E-state index in [9.17, 15) is 27.2 Å². The van der Waals surface area contributed by atoms with Crippen molar-refractivity contribution in [3.63, 3.8) is 0 Å². The molecule has 1 fully saturated rings. The van der Waals surface area contributed by atoms with Crippen LogP contribution in [0.2, 0.25) is 0 Å². The molecule has 33 heavy (non-hydrogen) atoms. The summed E-state index contributed by atoms with van der Waals surface area (Å²) in [4.78, 5) is 28.6. The topological polar surface area (TPSA) is 59.1 Å². The molecular weight excluding hydrogens is 444 g/mol. The molecule has 0 aliphatic carbocycles. The number of hydrogen-bond donors (Lipinski definition) is 0. The molecule has 1 heterocycles. The minimum absolute atomic E-state index is 0.0814. The van der Waals surface area contributed by atoms with Crippen LogP contribution >= 0.6 is 0 Å². The number of nitrogens with zero attached hydrogens (tertiary/aromatic N) is 2. The summed E-state index contributed by atoms with van der Waals surface area (Å²) in [7, 11) is 1.48. The Hall–Kier alpha value is -2.98. The molecule has 2 amide bonds. The second kappa shape index (κ2) is 10.8. The van der Waals surface area contributed by atoms with Gasteiger partial charge in [0.15, 0.2) is 0 Å². The maximum absolute atomic E-state index is 14.1. The SMILES string of the molecule is COCCN(CC1CN(C(=O)c2ccc(C(F)(F)F)cc2)CCO1)C(=O)c1ccccc1F. The van der Waals surface area contributed by atoms with E-state index in [1.807, 2.05) is 0 Å². The first-order chi connectivity index (χ1) is 15.7. The van der Waals surface area contributed by atoms with Gasteiger partial charge in [0.05, 0.1) is 30.4 Å². The van der Waals surface area contributed by atoms with Gasteiger partial charge in [-0.25, -0.2) is 4.39 Å². The van der Waals surface area contributed by atoms with Crippen molar-refractivity contribution in [3.05, 3.63) is 71.0 Å². The quantitative estimate of drug-likeness (QED) is 0.584. The van der Waals surface area contributed by atoms with E-state index in [1.54, 1.807) is 6.07 Å². The van der Waals surface area contributed by atoms with Crippen molar-refractivity contribution in [2.75, 3.05) is 46.5 Å². The van der Waals surface area contributed by atoms with Gasteiger partial charge in [-0.1, -0.05) is 12.1 Å². The summed E-state index contributed by atoms with van der Waals surface area (Å²) in [6.45, 7) is 1.09. The molecule has 6 nitrogen and oxygen atoms in total. The van der Waals surface area contributed by atoms with Crippen molar-refractivity contribution < 1.29 is 36.6 Å². The van der Waals surface area contributed by atoms with Crippen molar-refractivity contribution >= 4 is 11.8 Å². The molecule has 1 aliphatic rings. The Morgan fingerprint density at radius 1 is 1.15 bits per heavy atom. The van der Waals surface area contributed by atoms with Crippen molar-refractivity contribution in [3.8, 4) is 0 Å². The highest BCUT2D eigenvalue weighted by molar-refractivity contribution is 5.95. The summed E-state index contributed by atoms with van der Waals surface area (Å²) in [6.07, 6.45) is -5.04. The molecule has 178 valence electrons. The highest BCUT2D eigenvalue weighted by atomic mass is 19.4. The van der Waals surface area contributed by atoms with E-state index in [2.05, 4.69) is 0 Å². The summed E-state index contributed by atoms with van der Waals surface area (Å²) in [6, 6.07) is 9.65. The molecule has 1 atom stereocenters. The predicted octanol–water partition coefficient (Wildman–Crippen LogP) is 3.47. The molecule has 0 spiro atoms. The number of carbonyl (C=O) groups is 2. The van der Waals surface area contributed by atoms with Gasteiger partial charge < -0.3 is 19.3 Å². The smallest absolute Gasteiger partial charge is 0.383 e. The van der Waals surface area contributed by atoms with Crippen LogP contribution in [0.1, 0.15) is 26.3 Å². The number of hydrogen-bond acceptors (Lipinski definition) is 4. The minimum Gasteiger partial charge on any atom is -0.383 e. The van der Waals surface area contributed by atoms with E-state index in [1.165, 1.54) is 35.1 Å². The largest absolute Gasteiger partial charge is 0.416 e. The highest BCUT2D eigenvalue weighted by Crippen LogP contribution is 2.29. The summed E-state index contributed by atoms with van der Waals surface area (Å²) in [5, 5.41) is 0. The van der Waals surface area contributed by atoms with Crippen molar-refractivity contribution in [2.45, 2.75) is 12.3 Å². The van der Waals surface area contributed by atoms with E-state index < -0.39 is 35.5 Å². The standard InChI is InChI=1S/C23H24F4N2O4/c1-32-12-10-29(22(31)19-4-2-3-5-20(19)24)15-18-14-28(11-13-33-18)21(30)16-6-8-17(9-7-16)23(25,26)27/h2-9,18H,10-15H2,1H3. The van der Waals surface area contributed by atoms with Crippen molar-refractivity contribution in [2.24, 2.45) is 0 Å². The lowest BCUT2D eigenvalue weighted by molar-refractivity contribution is -0.137. The zero-order chi connectivity index (χ0) is 24.0. The molecule has 2 aromatic rings. The Morgan fingerprint density at radius 3 is 2.48 bits per heavy atom. The van der Waals surface area contributed by atoms with Gasteiger partial charge in [-0.15, -0.1) is 0 Å². The molecule has 0 aromatic heterocycles. The number of benzene rings is 2. The molecule has 0 radical (unpaired) electrons. The molecule has 3 rings (SSSR count). The summed E-state index contributed by atoms with van der Waals surface area (Å²) in [5.74, 6) is -1.60. The van der Waals surface area contributed by atoms with Crippen LogP contribution < -0.4 is 0 Å². The van der Waals surface area contributed by atoms with Gasteiger partial charge in [0, 0.05) is 38.9 Å². The third kappa shape index (κ3) is 6.29. The van der Waals surface area contributed by atoms with Gasteiger partial charge >= 0.3 is 6.18 Å². The van der Waals surface area contributed by atoms with Crippen LogP contribution in [-0.2, 0) is 15.7 Å². The lowest BCUT2D eigenvalue weighted by Gasteiger charge is -2.36. The van der Waals surface area contributed by atoms with Crippen LogP contribution in [-0.4, -0.2) is 74.2 Å². The van der Waals surface area contributed by atoms with Gasteiger partial charge in [0.2, 0.25) is 0 Å². The molecule has 0 N–H and O–H groups in total. The monoisotopic (exact) mass is 468 g/mol. The zero-order valence-electron chi connectivity index (χ0n) is 18.0. The second-order valence-electron chi connectivity index (χ2n) is 7.54. The fourth-order valence-electron chi connectivity index (χ4n) is 3.53. The lowest BCUT2D eigenvalue weighted by Crippen LogP contribution is -2.51. The molecule has 1 unspecified atom stereocenters. The zero-order valence-corrected chi connectivity index (χ0v) is 18.0. The van der Waals surface area contributed by atoms with Crippen LogP contribution in [0.5, 0.6) is 0 Å². The number of carbonyl (C=O) groups excluding carboxylic acids is 2. The third-order valence-electron chi connectivity index (χ3n) is 5.27. The molecular formula is C23H24F4N2O4. The highest BCUT2D eigenvalue weighted by Gasteiger charge is 2.32. The Morgan fingerprint density at radius 2 is 1.85 bits per heavy atom. The van der Waals surface area contributed by atoms with Crippen molar-refractivity contribution in [1.29, 1.82) is 0 Å². The summed E-state index contributed by atoms with van der Waals surface area (Å²) in [5.41, 5.74) is -0.788. The van der Waals surface area contributed by atoms with E-state index in [0.717, 1.165) is 24.3 Å². The van der Waals surface area contributed by atoms with E-state index in [0.29, 0.717) is 0 Å². The number of alkyl halides is 3. The van der Waals surface area contributed by atoms with Crippen LogP contribution in [0.25, 0.3) is 0 Å². The van der Waals surface area contributed by atoms with Gasteiger partial charge in [-0.2, -0.15) is 13.2 Å². The summed E-state index contributed by atoms with van der Waals surface area (Å²) < 4.78 is 63.2. The van der Waals surface area contributed by atoms with Gasteiger partial charge in [-0.05, 0) is 36.4 Å². The van der Waals surface area contributed by atoms with E-state index in [4.69, 9.17) is 9.47 Å². The number of halogens is 4. The molecule has 10 heteroatoms. The fourth-order valence-corrected chi connectivity index (χ4v) is 3.53. The first-order valence-electron chi connectivity index (χ1n) is 10.3. The number of morpholine rings is 1. The molecule has 1 saturated heterocycles. The van der Waals surface area contributed by atoms with Crippen LogP contribution in [0.3, 0.4) is 0 Å². The number of methoxy groups -OCH3 is 1. The predicted molar refractivity (Wildman–Crippen MR) is 111 cm³/mol. The molecule has 1 aliphatic heterocycles. The van der Waals surface area contributed by atoms with Gasteiger partial charge in [0.25, 0.3) is 11.8 Å². The Labute approximate surface area is 188 Å². The molecule has 2 aromatic carbocycles. The van der Waals surface area contributed by atoms with E-state index >= 15 is 0 Å². The maximum atomic E-state index is 14.1. The molecule has 0 bridgehead atoms. The maximum Gasteiger partial charge on any atom is 0.416 e. The van der Waals surface area contributed by atoms with Gasteiger partial charge in [0.1, 0.15) is 5.82 Å². The number of amides is 2. The minimum atomic E-state index is -4.48. The first kappa shape index (κ1) is 24.7. The van der Waals surface area contributed by atoms with Crippen molar-refractivity contribution in [1.82, 2.24) is 9.80 Å². The van der Waals surface area contributed by atoms with Crippen LogP contribution in [0.15, 0.2) is 48.5 Å². The van der Waals surface area contributed by atoms with Crippen LogP contribution in [0.4, 0.5) is 17.6 Å². The average Bonchev–Trinajstić information content (AvgIpc) is 2.81. The average molecular weight is 468 g/mol. The Balaban J connectivity index is 1.69.